The molecule has 2 aromatic rings. The maximum atomic E-state index is 10.0. The molecule has 0 saturated heterocycles. The summed E-state index contributed by atoms with van der Waals surface area (Å²) in [5.74, 6) is 0. The summed E-state index contributed by atoms with van der Waals surface area (Å²) in [6, 6.07) is 10.4. The van der Waals surface area contributed by atoms with Crippen LogP contribution < -0.4 is 0 Å². The molecule has 16 heavy (non-hydrogen) atoms. The normalized spacial score (nSPS) is 12.4. The summed E-state index contributed by atoms with van der Waals surface area (Å²) in [5, 5.41) is 11.1. The van der Waals surface area contributed by atoms with E-state index < -0.39 is 6.10 Å². The lowest BCUT2D eigenvalue weighted by molar-refractivity contribution is 0.220. The third-order valence-electron chi connectivity index (χ3n) is 2.25. The molecule has 1 aromatic heterocycles. The Labute approximate surface area is 103 Å². The van der Waals surface area contributed by atoms with E-state index in [1.807, 2.05) is 0 Å². The Morgan fingerprint density at radius 3 is 2.12 bits per heavy atom. The molecule has 2 nitrogen and oxygen atoms in total. The van der Waals surface area contributed by atoms with Crippen LogP contribution in [0.2, 0.25) is 10.2 Å². The van der Waals surface area contributed by atoms with E-state index in [2.05, 4.69) is 4.98 Å². The summed E-state index contributed by atoms with van der Waals surface area (Å²) >= 11 is 11.4. The minimum atomic E-state index is -0.706. The van der Waals surface area contributed by atoms with E-state index >= 15 is 0 Å². The summed E-state index contributed by atoms with van der Waals surface area (Å²) in [5.41, 5.74) is 1.47. The molecular formula is C12H9Cl2NO. The Morgan fingerprint density at radius 1 is 0.938 bits per heavy atom. The summed E-state index contributed by atoms with van der Waals surface area (Å²) in [4.78, 5) is 3.92. The number of aliphatic hydroxyl groups is 1. The number of benzene rings is 1. The van der Waals surface area contributed by atoms with Gasteiger partial charge < -0.3 is 5.11 Å². The van der Waals surface area contributed by atoms with Gasteiger partial charge in [0.05, 0.1) is 0 Å². The predicted molar refractivity (Wildman–Crippen MR) is 64.8 cm³/mol. The van der Waals surface area contributed by atoms with Gasteiger partial charge in [-0.3, -0.25) is 0 Å². The van der Waals surface area contributed by atoms with Crippen molar-refractivity contribution in [2.75, 3.05) is 0 Å². The Hall–Kier alpha value is -1.09. The van der Waals surface area contributed by atoms with Crippen LogP contribution in [-0.2, 0) is 0 Å². The van der Waals surface area contributed by atoms with Gasteiger partial charge in [0.25, 0.3) is 0 Å². The number of halogens is 2. The van der Waals surface area contributed by atoms with Crippen molar-refractivity contribution in [3.05, 3.63) is 63.9 Å². The largest absolute Gasteiger partial charge is 0.384 e. The van der Waals surface area contributed by atoms with Crippen LogP contribution in [0.5, 0.6) is 0 Å². The van der Waals surface area contributed by atoms with Crippen LogP contribution >= 0.6 is 23.2 Å². The minimum absolute atomic E-state index is 0.409. The molecule has 1 aromatic carbocycles. The highest BCUT2D eigenvalue weighted by Crippen LogP contribution is 2.23. The van der Waals surface area contributed by atoms with Gasteiger partial charge in [0.15, 0.2) is 0 Å². The fourth-order valence-corrected chi connectivity index (χ4v) is 1.62. The maximum Gasteiger partial charge on any atom is 0.129 e. The monoisotopic (exact) mass is 253 g/mol. The molecule has 0 radical (unpaired) electrons. The van der Waals surface area contributed by atoms with Crippen LogP contribution in [0.4, 0.5) is 0 Å². The number of nitrogens with zero attached hydrogens (tertiary/aromatic N) is 1. The number of hydrogen-bond donors (Lipinski definition) is 1. The van der Waals surface area contributed by atoms with Gasteiger partial charge in [0.2, 0.25) is 0 Å². The molecule has 1 N–H and O–H groups in total. The molecular weight excluding hydrogens is 245 g/mol. The lowest BCUT2D eigenvalue weighted by Crippen LogP contribution is -1.99. The van der Waals surface area contributed by atoms with Crippen LogP contribution in [0.3, 0.4) is 0 Å². The van der Waals surface area contributed by atoms with Crippen molar-refractivity contribution in [2.24, 2.45) is 0 Å². The van der Waals surface area contributed by atoms with Crippen LogP contribution in [0.15, 0.2) is 42.6 Å². The first-order chi connectivity index (χ1) is 7.66. The SMILES string of the molecule is OC(c1ccc(Cl)cc1)c1ccc(Cl)nc1. The number of hydrogen-bond acceptors (Lipinski definition) is 2. The number of pyridine rings is 1. The highest BCUT2D eigenvalue weighted by atomic mass is 35.5. The van der Waals surface area contributed by atoms with Crippen LogP contribution in [-0.4, -0.2) is 10.1 Å². The fraction of sp³-hybridized carbons (Fsp3) is 0.0833. The zero-order valence-electron chi connectivity index (χ0n) is 8.27. The van der Waals surface area contributed by atoms with Crippen molar-refractivity contribution in [3.63, 3.8) is 0 Å². The summed E-state index contributed by atoms with van der Waals surface area (Å²) < 4.78 is 0. The first kappa shape index (κ1) is 11.4. The molecule has 0 amide bonds. The van der Waals surface area contributed by atoms with E-state index in [0.717, 1.165) is 5.56 Å². The average Bonchev–Trinajstić information content (AvgIpc) is 2.30. The summed E-state index contributed by atoms with van der Waals surface area (Å²) in [6.45, 7) is 0. The average molecular weight is 254 g/mol. The smallest absolute Gasteiger partial charge is 0.129 e. The van der Waals surface area contributed by atoms with Gasteiger partial charge in [-0.25, -0.2) is 4.98 Å². The van der Waals surface area contributed by atoms with Crippen molar-refractivity contribution >= 4 is 23.2 Å². The highest BCUT2D eigenvalue weighted by Gasteiger charge is 2.10. The van der Waals surface area contributed by atoms with Crippen molar-refractivity contribution in [3.8, 4) is 0 Å². The lowest BCUT2D eigenvalue weighted by atomic mass is 10.0. The second kappa shape index (κ2) is 4.83. The third-order valence-corrected chi connectivity index (χ3v) is 2.73. The molecule has 1 unspecified atom stereocenters. The molecule has 0 spiro atoms. The number of aromatic nitrogens is 1. The lowest BCUT2D eigenvalue weighted by Gasteiger charge is -2.10. The van der Waals surface area contributed by atoms with E-state index in [0.29, 0.717) is 15.7 Å². The molecule has 0 fully saturated rings. The fourth-order valence-electron chi connectivity index (χ4n) is 1.39. The van der Waals surface area contributed by atoms with E-state index in [1.54, 1.807) is 42.6 Å². The Morgan fingerprint density at radius 2 is 1.56 bits per heavy atom. The second-order valence-electron chi connectivity index (χ2n) is 3.37. The molecule has 0 aliphatic rings. The van der Waals surface area contributed by atoms with E-state index in [-0.39, 0.29) is 0 Å². The standard InChI is InChI=1S/C12H9Cl2NO/c13-10-4-1-8(2-5-10)12(16)9-3-6-11(14)15-7-9/h1-7,12,16H. The van der Waals surface area contributed by atoms with Gasteiger partial charge in [-0.2, -0.15) is 0 Å². The first-order valence-electron chi connectivity index (χ1n) is 4.72. The van der Waals surface area contributed by atoms with E-state index in [4.69, 9.17) is 23.2 Å². The van der Waals surface area contributed by atoms with Crippen LogP contribution in [0, 0.1) is 0 Å². The van der Waals surface area contributed by atoms with E-state index in [9.17, 15) is 5.11 Å². The van der Waals surface area contributed by atoms with Gasteiger partial charge in [-0.1, -0.05) is 41.4 Å². The molecule has 0 bridgehead atoms. The van der Waals surface area contributed by atoms with Gasteiger partial charge >= 0.3 is 0 Å². The van der Waals surface area contributed by atoms with Crippen LogP contribution in [0.1, 0.15) is 17.2 Å². The molecule has 4 heteroatoms. The van der Waals surface area contributed by atoms with Gasteiger partial charge in [-0.05, 0) is 23.8 Å². The molecule has 0 aliphatic heterocycles. The molecule has 2 rings (SSSR count). The second-order valence-corrected chi connectivity index (χ2v) is 4.19. The molecule has 1 atom stereocenters. The van der Waals surface area contributed by atoms with Crippen molar-refractivity contribution in [1.82, 2.24) is 4.98 Å². The molecule has 0 saturated carbocycles. The zero-order valence-corrected chi connectivity index (χ0v) is 9.78. The topological polar surface area (TPSA) is 33.1 Å². The number of rotatable bonds is 2. The Kier molecular flexibility index (Phi) is 3.44. The van der Waals surface area contributed by atoms with E-state index in [1.165, 1.54) is 0 Å². The van der Waals surface area contributed by atoms with Crippen molar-refractivity contribution in [1.29, 1.82) is 0 Å². The highest BCUT2D eigenvalue weighted by molar-refractivity contribution is 6.30. The Balaban J connectivity index is 2.28. The van der Waals surface area contributed by atoms with Crippen molar-refractivity contribution < 1.29 is 5.11 Å². The molecule has 0 aliphatic carbocycles. The Bertz CT molecular complexity index is 422. The number of aliphatic hydroxyl groups excluding tert-OH is 1. The third kappa shape index (κ3) is 2.53. The zero-order chi connectivity index (χ0) is 11.5. The quantitative estimate of drug-likeness (QED) is 0.832. The summed E-state index contributed by atoms with van der Waals surface area (Å²) in [6.07, 6.45) is 0.851. The van der Waals surface area contributed by atoms with Crippen molar-refractivity contribution in [2.45, 2.75) is 6.10 Å². The first-order valence-corrected chi connectivity index (χ1v) is 5.47. The van der Waals surface area contributed by atoms with Crippen LogP contribution in [0.25, 0.3) is 0 Å². The molecule has 82 valence electrons. The van der Waals surface area contributed by atoms with Gasteiger partial charge in [-0.15, -0.1) is 0 Å². The minimum Gasteiger partial charge on any atom is -0.384 e. The predicted octanol–water partition coefficient (Wildman–Crippen LogP) is 3.47. The van der Waals surface area contributed by atoms with Gasteiger partial charge in [0.1, 0.15) is 11.3 Å². The summed E-state index contributed by atoms with van der Waals surface area (Å²) in [7, 11) is 0. The van der Waals surface area contributed by atoms with Gasteiger partial charge in [0, 0.05) is 16.8 Å². The molecule has 1 heterocycles. The maximum absolute atomic E-state index is 10.0.